The summed E-state index contributed by atoms with van der Waals surface area (Å²) >= 11 is 0. The molecule has 12 nitrogen and oxygen atoms in total. The van der Waals surface area contributed by atoms with Crippen molar-refractivity contribution < 1.29 is 53.3 Å². The van der Waals surface area contributed by atoms with Crippen LogP contribution in [0.5, 0.6) is 0 Å². The number of Topliss-reactive ketones (excluding diaryl/α,β-unsaturated/α-hetero) is 1. The van der Waals surface area contributed by atoms with E-state index in [0.29, 0.717) is 52.0 Å². The fraction of sp³-hybridized carbons (Fsp3) is 0.696. The van der Waals surface area contributed by atoms with Crippen molar-refractivity contribution in [2.75, 3.05) is 67.0 Å². The Bertz CT molecular complexity index is 664. The molecule has 0 saturated heterocycles. The predicted molar refractivity (Wildman–Crippen MR) is 121 cm³/mol. The van der Waals surface area contributed by atoms with E-state index in [0.717, 1.165) is 6.26 Å². The van der Waals surface area contributed by atoms with Gasteiger partial charge in [0, 0.05) is 45.8 Å². The lowest BCUT2D eigenvalue weighted by molar-refractivity contribution is -0.491. The van der Waals surface area contributed by atoms with Crippen LogP contribution in [0.4, 0.5) is 0 Å². The lowest BCUT2D eigenvalue weighted by Gasteiger charge is -2.30. The number of hydrogen-bond acceptors (Lipinski definition) is 11. The Morgan fingerprint density at radius 3 is 2.37 bits per heavy atom. The van der Waals surface area contributed by atoms with Crippen LogP contribution in [-0.2, 0) is 48.1 Å². The van der Waals surface area contributed by atoms with Gasteiger partial charge in [-0.05, 0) is 17.9 Å². The van der Waals surface area contributed by atoms with Crippen LogP contribution in [0.25, 0.3) is 0 Å². The first kappa shape index (κ1) is 30.7. The Labute approximate surface area is 205 Å². The quantitative estimate of drug-likeness (QED) is 0.0704. The van der Waals surface area contributed by atoms with Crippen molar-refractivity contribution in [3.63, 3.8) is 0 Å². The summed E-state index contributed by atoms with van der Waals surface area (Å²) in [4.78, 5) is 46.2. The van der Waals surface area contributed by atoms with Gasteiger partial charge in [0.25, 0.3) is 11.8 Å². The Balaban J connectivity index is 2.42. The molecule has 12 heteroatoms. The average Bonchev–Trinajstić information content (AvgIpc) is 3.17. The zero-order valence-corrected chi connectivity index (χ0v) is 20.5. The summed E-state index contributed by atoms with van der Waals surface area (Å²) in [6, 6.07) is 0. The molecule has 1 aliphatic heterocycles. The molecule has 35 heavy (non-hydrogen) atoms. The molecule has 0 bridgehead atoms. The number of methoxy groups -OCH3 is 2. The molecule has 0 aliphatic carbocycles. The number of aliphatic hydroxyl groups is 1. The fourth-order valence-electron chi connectivity index (χ4n) is 3.14. The fourth-order valence-corrected chi connectivity index (χ4v) is 3.14. The maximum Gasteiger partial charge on any atom is 0.253 e. The molecule has 1 atom stereocenters. The first-order valence-electron chi connectivity index (χ1n) is 11.4. The largest absolute Gasteiger partial charge is 0.497 e. The first-order valence-corrected chi connectivity index (χ1v) is 11.4. The molecule has 0 saturated carbocycles. The molecular formula is C23H37NO11. The van der Waals surface area contributed by atoms with Crippen molar-refractivity contribution in [1.82, 2.24) is 4.90 Å². The summed E-state index contributed by atoms with van der Waals surface area (Å²) in [5.41, 5.74) is -0.953. The molecule has 1 heterocycles. The van der Waals surface area contributed by atoms with Crippen LogP contribution in [0, 0.1) is 5.41 Å². The van der Waals surface area contributed by atoms with E-state index >= 15 is 0 Å². The van der Waals surface area contributed by atoms with E-state index in [1.165, 1.54) is 30.4 Å². The minimum absolute atomic E-state index is 0.00119. The van der Waals surface area contributed by atoms with Gasteiger partial charge < -0.3 is 28.9 Å². The average molecular weight is 504 g/mol. The van der Waals surface area contributed by atoms with E-state index in [4.69, 9.17) is 18.9 Å². The van der Waals surface area contributed by atoms with Gasteiger partial charge in [-0.3, -0.25) is 19.3 Å². The van der Waals surface area contributed by atoms with E-state index in [-0.39, 0.29) is 50.4 Å². The van der Waals surface area contributed by atoms with Crippen LogP contribution in [0.1, 0.15) is 32.1 Å². The third-order valence-electron chi connectivity index (χ3n) is 5.04. The lowest BCUT2D eigenvalue weighted by Crippen LogP contribution is -2.38. The number of ether oxygens (including phenoxy) is 4. The minimum atomic E-state index is -0.953. The van der Waals surface area contributed by atoms with E-state index in [1.54, 1.807) is 7.11 Å². The number of nitrogens with zero attached hydrogens (tertiary/aromatic N) is 1. The summed E-state index contributed by atoms with van der Waals surface area (Å²) in [5.74, 6) is -0.670. The van der Waals surface area contributed by atoms with Crippen LogP contribution in [0.2, 0.25) is 0 Å². The molecule has 2 amide bonds. The molecule has 0 radical (unpaired) electrons. The summed E-state index contributed by atoms with van der Waals surface area (Å²) in [7, 11) is 3.07. The van der Waals surface area contributed by atoms with Gasteiger partial charge in [0.1, 0.15) is 18.7 Å². The molecule has 0 aromatic carbocycles. The molecule has 1 N–H and O–H groups in total. The van der Waals surface area contributed by atoms with Crippen LogP contribution >= 0.6 is 0 Å². The number of unbranched alkanes of at least 4 members (excludes halogenated alkanes) is 2. The Morgan fingerprint density at radius 2 is 1.69 bits per heavy atom. The van der Waals surface area contributed by atoms with E-state index in [1.807, 2.05) is 0 Å². The van der Waals surface area contributed by atoms with Gasteiger partial charge >= 0.3 is 0 Å². The van der Waals surface area contributed by atoms with Gasteiger partial charge in [0.05, 0.1) is 45.1 Å². The molecule has 0 fully saturated rings. The zero-order chi connectivity index (χ0) is 25.8. The topological polar surface area (TPSA) is 139 Å². The number of rotatable bonds is 23. The monoisotopic (exact) mass is 503 g/mol. The molecular weight excluding hydrogens is 466 g/mol. The zero-order valence-electron chi connectivity index (χ0n) is 20.5. The number of ketones is 1. The van der Waals surface area contributed by atoms with Gasteiger partial charge in [-0.2, -0.15) is 4.89 Å². The maximum atomic E-state index is 12.6. The SMILES string of the molecule is COCCOCC(CO)(CO/C=C/OOOCCOC)CC(=O)CCCCCN1C(=O)C=CC1=O. The second-order valence-corrected chi connectivity index (χ2v) is 7.95. The normalized spacial score (nSPS) is 15.2. The van der Waals surface area contributed by atoms with Gasteiger partial charge in [-0.25, -0.2) is 0 Å². The van der Waals surface area contributed by atoms with Crippen LogP contribution in [0.15, 0.2) is 24.7 Å². The van der Waals surface area contributed by atoms with Crippen molar-refractivity contribution in [3.05, 3.63) is 24.7 Å². The Hall–Kier alpha value is -2.35. The predicted octanol–water partition coefficient (Wildman–Crippen LogP) is 1.09. The molecule has 1 unspecified atom stereocenters. The second kappa shape index (κ2) is 18.9. The molecule has 200 valence electrons. The van der Waals surface area contributed by atoms with Crippen molar-refractivity contribution in [1.29, 1.82) is 0 Å². The summed E-state index contributed by atoms with van der Waals surface area (Å²) in [6.07, 6.45) is 7.06. The first-order chi connectivity index (χ1) is 17.0. The number of amides is 2. The lowest BCUT2D eigenvalue weighted by atomic mass is 9.84. The molecule has 0 aromatic heterocycles. The van der Waals surface area contributed by atoms with Crippen molar-refractivity contribution in [3.8, 4) is 0 Å². The van der Waals surface area contributed by atoms with E-state index in [2.05, 4.69) is 14.8 Å². The van der Waals surface area contributed by atoms with Crippen LogP contribution < -0.4 is 0 Å². The van der Waals surface area contributed by atoms with Gasteiger partial charge in [0.2, 0.25) is 0 Å². The second-order valence-electron chi connectivity index (χ2n) is 7.95. The van der Waals surface area contributed by atoms with E-state index in [9.17, 15) is 19.5 Å². The van der Waals surface area contributed by atoms with Crippen LogP contribution in [-0.4, -0.2) is 94.6 Å². The number of aliphatic hydroxyl groups excluding tert-OH is 1. The minimum Gasteiger partial charge on any atom is -0.497 e. The molecule has 1 aliphatic rings. The Kier molecular flexibility index (Phi) is 16.6. The van der Waals surface area contributed by atoms with Gasteiger partial charge in [-0.15, -0.1) is 0 Å². The summed E-state index contributed by atoms with van der Waals surface area (Å²) in [5, 5.41) is 14.5. The number of carbonyl (C=O) groups excluding carboxylic acids is 3. The molecule has 0 aromatic rings. The highest BCUT2D eigenvalue weighted by Gasteiger charge is 2.33. The smallest absolute Gasteiger partial charge is 0.253 e. The summed E-state index contributed by atoms with van der Waals surface area (Å²) < 4.78 is 20.8. The van der Waals surface area contributed by atoms with Gasteiger partial charge in [0.15, 0.2) is 6.26 Å². The van der Waals surface area contributed by atoms with Crippen molar-refractivity contribution >= 4 is 17.6 Å². The highest BCUT2D eigenvalue weighted by atomic mass is 17.5. The number of imide groups is 1. The highest BCUT2D eigenvalue weighted by molar-refractivity contribution is 6.12. The molecule has 1 rings (SSSR count). The summed E-state index contributed by atoms with van der Waals surface area (Å²) in [6.45, 7) is 1.30. The third-order valence-corrected chi connectivity index (χ3v) is 5.04. The van der Waals surface area contributed by atoms with E-state index < -0.39 is 5.41 Å². The number of carbonyl (C=O) groups is 3. The van der Waals surface area contributed by atoms with Crippen LogP contribution in [0.3, 0.4) is 0 Å². The van der Waals surface area contributed by atoms with Gasteiger partial charge in [-0.1, -0.05) is 6.42 Å². The highest BCUT2D eigenvalue weighted by Crippen LogP contribution is 2.25. The standard InChI is InChI=1S/C23H37NO11/c1-29-10-12-31-18-23(17-25,19-32-13-15-34-35-33-14-11-30-2)16-20(26)6-4-3-5-9-24-21(27)7-8-22(24)28/h7-8,13,15,25H,3-6,9-12,14,16-19H2,1-2H3/b15-13+. The van der Waals surface area contributed by atoms with Crippen molar-refractivity contribution in [2.45, 2.75) is 32.1 Å². The van der Waals surface area contributed by atoms with Crippen molar-refractivity contribution in [2.24, 2.45) is 5.41 Å². The Morgan fingerprint density at radius 1 is 0.971 bits per heavy atom. The molecule has 0 spiro atoms. The maximum absolute atomic E-state index is 12.6. The third kappa shape index (κ3) is 13.4. The number of hydrogen-bond donors (Lipinski definition) is 1.